The molecule has 2 aromatic rings. The van der Waals surface area contributed by atoms with Crippen molar-refractivity contribution < 1.29 is 9.13 Å². The van der Waals surface area contributed by atoms with Gasteiger partial charge in [-0.2, -0.15) is 0 Å². The molecule has 0 bridgehead atoms. The van der Waals surface area contributed by atoms with Crippen molar-refractivity contribution in [3.05, 3.63) is 63.2 Å². The molecule has 0 saturated heterocycles. The third-order valence-electron chi connectivity index (χ3n) is 2.67. The molecule has 1 atom stereocenters. The molecule has 0 saturated carbocycles. The second-order valence-electron chi connectivity index (χ2n) is 4.10. The smallest absolute Gasteiger partial charge is 0.269 e. The summed E-state index contributed by atoms with van der Waals surface area (Å²) in [6, 6.07) is 10.7. The van der Waals surface area contributed by atoms with Gasteiger partial charge >= 0.3 is 0 Å². The van der Waals surface area contributed by atoms with Crippen molar-refractivity contribution >= 4 is 33.8 Å². The van der Waals surface area contributed by atoms with Gasteiger partial charge in [0.1, 0.15) is 0 Å². The van der Waals surface area contributed by atoms with E-state index in [0.29, 0.717) is 15.6 Å². The van der Waals surface area contributed by atoms with Crippen molar-refractivity contribution in [2.75, 3.05) is 5.73 Å². The zero-order valence-corrected chi connectivity index (χ0v) is 11.9. The highest BCUT2D eigenvalue weighted by Gasteiger charge is 2.09. The lowest BCUT2D eigenvalue weighted by Gasteiger charge is -2.05. The highest BCUT2D eigenvalue weighted by atomic mass is 35.5. The van der Waals surface area contributed by atoms with E-state index in [9.17, 15) is 14.3 Å². The molecule has 20 heavy (non-hydrogen) atoms. The molecule has 2 N–H and O–H groups in total. The number of anilines is 1. The fourth-order valence-electron chi connectivity index (χ4n) is 1.64. The van der Waals surface area contributed by atoms with Crippen LogP contribution in [-0.2, 0) is 16.6 Å². The summed E-state index contributed by atoms with van der Waals surface area (Å²) < 4.78 is 12.2. The zero-order chi connectivity index (χ0) is 14.7. The van der Waals surface area contributed by atoms with E-state index in [4.69, 9.17) is 17.3 Å². The number of nitrogen functional groups attached to an aromatic ring is 1. The number of nitrogens with two attached hydrogens (primary N) is 1. The SMILES string of the molecule is Nc1cc(CS(=O)c2ccc([N+](=O)[O-])cc2)ccc1Cl. The normalized spacial score (nSPS) is 12.1. The van der Waals surface area contributed by atoms with Gasteiger partial charge in [-0.15, -0.1) is 0 Å². The Morgan fingerprint density at radius 2 is 1.85 bits per heavy atom. The van der Waals surface area contributed by atoms with Crippen LogP contribution in [0.25, 0.3) is 0 Å². The molecule has 0 aliphatic rings. The van der Waals surface area contributed by atoms with E-state index in [0.717, 1.165) is 5.56 Å². The molecular formula is C13H11ClN2O3S. The molecular weight excluding hydrogens is 300 g/mol. The van der Waals surface area contributed by atoms with Gasteiger partial charge in [0.2, 0.25) is 0 Å². The first-order chi connectivity index (χ1) is 9.47. The third kappa shape index (κ3) is 3.34. The number of hydrogen-bond donors (Lipinski definition) is 1. The van der Waals surface area contributed by atoms with E-state index in [-0.39, 0.29) is 11.4 Å². The van der Waals surface area contributed by atoms with Crippen LogP contribution < -0.4 is 5.73 Å². The summed E-state index contributed by atoms with van der Waals surface area (Å²) in [6.45, 7) is 0. The number of halogens is 1. The molecule has 0 fully saturated rings. The van der Waals surface area contributed by atoms with Gasteiger partial charge in [0.15, 0.2) is 0 Å². The number of nitro benzene ring substituents is 1. The van der Waals surface area contributed by atoms with E-state index >= 15 is 0 Å². The standard InChI is InChI=1S/C13H11ClN2O3S/c14-12-6-1-9(7-13(12)15)8-20(19)11-4-2-10(3-5-11)16(17)18/h1-7H,8,15H2. The number of hydrogen-bond acceptors (Lipinski definition) is 4. The zero-order valence-electron chi connectivity index (χ0n) is 10.3. The summed E-state index contributed by atoms with van der Waals surface area (Å²) in [7, 11) is -1.29. The molecule has 2 rings (SSSR count). The minimum atomic E-state index is -1.29. The van der Waals surface area contributed by atoms with Crippen LogP contribution in [0.15, 0.2) is 47.4 Å². The molecule has 7 heteroatoms. The molecule has 1 unspecified atom stereocenters. The monoisotopic (exact) mass is 310 g/mol. The van der Waals surface area contributed by atoms with Crippen LogP contribution in [0.2, 0.25) is 5.02 Å². The maximum absolute atomic E-state index is 12.2. The largest absolute Gasteiger partial charge is 0.398 e. The van der Waals surface area contributed by atoms with Crippen LogP contribution in [-0.4, -0.2) is 9.13 Å². The molecule has 5 nitrogen and oxygen atoms in total. The molecule has 0 aromatic heterocycles. The van der Waals surface area contributed by atoms with E-state index in [1.54, 1.807) is 18.2 Å². The minimum Gasteiger partial charge on any atom is -0.398 e. The number of nitro groups is 1. The van der Waals surface area contributed by atoms with E-state index in [1.807, 2.05) is 0 Å². The number of non-ortho nitro benzene ring substituents is 1. The van der Waals surface area contributed by atoms with Crippen LogP contribution in [0.5, 0.6) is 0 Å². The Labute approximate surface area is 123 Å². The van der Waals surface area contributed by atoms with Gasteiger partial charge in [-0.05, 0) is 29.8 Å². The van der Waals surface area contributed by atoms with Crippen molar-refractivity contribution in [2.24, 2.45) is 0 Å². The topological polar surface area (TPSA) is 86.2 Å². The van der Waals surface area contributed by atoms with Gasteiger partial charge < -0.3 is 5.73 Å². The number of nitrogens with zero attached hydrogens (tertiary/aromatic N) is 1. The maximum Gasteiger partial charge on any atom is 0.269 e. The van der Waals surface area contributed by atoms with E-state index in [1.165, 1.54) is 24.3 Å². The van der Waals surface area contributed by atoms with Crippen molar-refractivity contribution in [1.29, 1.82) is 0 Å². The summed E-state index contributed by atoms with van der Waals surface area (Å²) >= 11 is 5.82. The van der Waals surface area contributed by atoms with Crippen molar-refractivity contribution in [3.8, 4) is 0 Å². The fraction of sp³-hybridized carbons (Fsp3) is 0.0769. The molecule has 104 valence electrons. The summed E-state index contributed by atoms with van der Waals surface area (Å²) in [6.07, 6.45) is 0. The van der Waals surface area contributed by atoms with Crippen molar-refractivity contribution in [3.63, 3.8) is 0 Å². The fourth-order valence-corrected chi connectivity index (χ4v) is 2.84. The predicted octanol–water partition coefficient (Wildman–Crippen LogP) is 3.14. The molecule has 0 aliphatic heterocycles. The molecule has 0 spiro atoms. The van der Waals surface area contributed by atoms with Gasteiger partial charge in [0.05, 0.1) is 32.2 Å². The lowest BCUT2D eigenvalue weighted by Crippen LogP contribution is -1.98. The Morgan fingerprint density at radius 3 is 2.40 bits per heavy atom. The summed E-state index contributed by atoms with van der Waals surface area (Å²) in [5.41, 5.74) is 6.89. The second kappa shape index (κ2) is 6.02. The lowest BCUT2D eigenvalue weighted by atomic mass is 10.2. The Morgan fingerprint density at radius 1 is 1.20 bits per heavy atom. The molecule has 0 aliphatic carbocycles. The lowest BCUT2D eigenvalue weighted by molar-refractivity contribution is -0.384. The average molecular weight is 311 g/mol. The van der Waals surface area contributed by atoms with Crippen LogP contribution in [0, 0.1) is 10.1 Å². The maximum atomic E-state index is 12.2. The third-order valence-corrected chi connectivity index (χ3v) is 4.41. The van der Waals surface area contributed by atoms with Gasteiger partial charge in [-0.3, -0.25) is 14.3 Å². The first-order valence-corrected chi connectivity index (χ1v) is 7.34. The molecule has 2 aromatic carbocycles. The predicted molar refractivity (Wildman–Crippen MR) is 79.1 cm³/mol. The van der Waals surface area contributed by atoms with E-state index in [2.05, 4.69) is 0 Å². The summed E-state index contributed by atoms with van der Waals surface area (Å²) in [5, 5.41) is 11.0. The summed E-state index contributed by atoms with van der Waals surface area (Å²) in [4.78, 5) is 10.6. The molecule has 0 amide bonds. The highest BCUT2D eigenvalue weighted by molar-refractivity contribution is 7.84. The average Bonchev–Trinajstić information content (AvgIpc) is 2.43. The van der Waals surface area contributed by atoms with Crippen molar-refractivity contribution in [2.45, 2.75) is 10.6 Å². The minimum absolute atomic E-state index is 0.0264. The quantitative estimate of drug-likeness (QED) is 0.534. The Hall–Kier alpha value is -1.92. The van der Waals surface area contributed by atoms with Crippen LogP contribution in [0.1, 0.15) is 5.56 Å². The van der Waals surface area contributed by atoms with Gasteiger partial charge in [-0.25, -0.2) is 0 Å². The van der Waals surface area contributed by atoms with Gasteiger partial charge in [0, 0.05) is 17.0 Å². The van der Waals surface area contributed by atoms with Gasteiger partial charge in [-0.1, -0.05) is 17.7 Å². The Bertz CT molecular complexity index is 674. The van der Waals surface area contributed by atoms with Crippen LogP contribution in [0.3, 0.4) is 0 Å². The Balaban J connectivity index is 2.15. The van der Waals surface area contributed by atoms with Gasteiger partial charge in [0.25, 0.3) is 5.69 Å². The Kier molecular flexibility index (Phi) is 4.36. The second-order valence-corrected chi connectivity index (χ2v) is 5.96. The first-order valence-electron chi connectivity index (χ1n) is 5.64. The highest BCUT2D eigenvalue weighted by Crippen LogP contribution is 2.22. The molecule has 0 radical (unpaired) electrons. The van der Waals surface area contributed by atoms with Crippen LogP contribution >= 0.6 is 11.6 Å². The van der Waals surface area contributed by atoms with Crippen molar-refractivity contribution in [1.82, 2.24) is 0 Å². The van der Waals surface area contributed by atoms with Crippen LogP contribution in [0.4, 0.5) is 11.4 Å². The number of rotatable bonds is 4. The summed E-state index contributed by atoms with van der Waals surface area (Å²) in [5.74, 6) is 0.277. The first kappa shape index (κ1) is 14.5. The number of benzene rings is 2. The van der Waals surface area contributed by atoms with E-state index < -0.39 is 15.7 Å². The molecule has 0 heterocycles.